The van der Waals surface area contributed by atoms with Gasteiger partial charge in [0.25, 0.3) is 0 Å². The maximum absolute atomic E-state index is 9.98. The van der Waals surface area contributed by atoms with E-state index in [1.165, 1.54) is 18.4 Å². The zero-order valence-corrected chi connectivity index (χ0v) is 9.03. The van der Waals surface area contributed by atoms with E-state index in [-0.39, 0.29) is 6.10 Å². The third-order valence-corrected chi connectivity index (χ3v) is 4.11. The molecule has 0 spiro atoms. The Hall–Kier alpha value is -0.340. The van der Waals surface area contributed by atoms with E-state index in [1.807, 2.05) is 0 Å². The Morgan fingerprint density at radius 2 is 2.31 bits per heavy atom. The summed E-state index contributed by atoms with van der Waals surface area (Å²) in [6.45, 7) is 4.34. The van der Waals surface area contributed by atoms with Crippen LogP contribution in [-0.4, -0.2) is 5.11 Å². The lowest BCUT2D eigenvalue weighted by Gasteiger charge is -2.14. The Morgan fingerprint density at radius 3 is 2.77 bits per heavy atom. The van der Waals surface area contributed by atoms with Gasteiger partial charge < -0.3 is 5.11 Å². The number of aliphatic hydroxyl groups is 1. The predicted octanol–water partition coefficient (Wildman–Crippen LogP) is 3.28. The second-order valence-electron chi connectivity index (χ2n) is 4.50. The molecule has 0 aliphatic heterocycles. The fraction of sp³-hybridized carbons (Fsp3) is 0.636. The molecule has 1 aliphatic carbocycles. The van der Waals surface area contributed by atoms with Gasteiger partial charge in [0.2, 0.25) is 0 Å². The number of aliphatic hydroxyl groups excluding tert-OH is 1. The van der Waals surface area contributed by atoms with Gasteiger partial charge in [-0.2, -0.15) is 0 Å². The highest BCUT2D eigenvalue weighted by Gasteiger charge is 2.39. The number of aryl methyl sites for hydroxylation is 1. The summed E-state index contributed by atoms with van der Waals surface area (Å²) >= 11 is 1.68. The first-order valence-electron chi connectivity index (χ1n) is 4.83. The van der Waals surface area contributed by atoms with Crippen LogP contribution in [0.25, 0.3) is 0 Å². The van der Waals surface area contributed by atoms with E-state index in [4.69, 9.17) is 0 Å². The van der Waals surface area contributed by atoms with Crippen LogP contribution in [0.1, 0.15) is 42.7 Å². The van der Waals surface area contributed by atoms with E-state index in [0.717, 1.165) is 11.3 Å². The summed E-state index contributed by atoms with van der Waals surface area (Å²) in [7, 11) is 0. The number of rotatable bonds is 3. The fourth-order valence-corrected chi connectivity index (χ4v) is 2.62. The van der Waals surface area contributed by atoms with Gasteiger partial charge in [-0.1, -0.05) is 6.92 Å². The van der Waals surface area contributed by atoms with Crippen molar-refractivity contribution in [3.05, 3.63) is 21.9 Å². The zero-order valence-electron chi connectivity index (χ0n) is 8.21. The van der Waals surface area contributed by atoms with Crippen molar-refractivity contribution in [3.8, 4) is 0 Å². The van der Waals surface area contributed by atoms with Gasteiger partial charge in [-0.15, -0.1) is 11.3 Å². The highest BCUT2D eigenvalue weighted by atomic mass is 32.1. The normalized spacial score (nSPS) is 21.5. The smallest absolute Gasteiger partial charge is 0.0889 e. The second-order valence-corrected chi connectivity index (χ2v) is 5.45. The van der Waals surface area contributed by atoms with Crippen molar-refractivity contribution in [2.75, 3.05) is 0 Å². The first-order chi connectivity index (χ1) is 6.11. The van der Waals surface area contributed by atoms with Gasteiger partial charge in [0.15, 0.2) is 0 Å². The van der Waals surface area contributed by atoms with Crippen LogP contribution in [-0.2, 0) is 0 Å². The van der Waals surface area contributed by atoms with Crippen LogP contribution in [0, 0.1) is 12.3 Å². The average Bonchev–Trinajstić information content (AvgIpc) is 2.63. The molecule has 0 amide bonds. The third-order valence-electron chi connectivity index (χ3n) is 2.99. The quantitative estimate of drug-likeness (QED) is 0.786. The molecule has 13 heavy (non-hydrogen) atoms. The molecule has 1 nitrogen and oxygen atoms in total. The molecule has 0 saturated heterocycles. The lowest BCUT2D eigenvalue weighted by atomic mass is 9.99. The van der Waals surface area contributed by atoms with Crippen LogP contribution >= 0.6 is 11.3 Å². The first-order valence-corrected chi connectivity index (χ1v) is 5.71. The molecule has 1 saturated carbocycles. The maximum Gasteiger partial charge on any atom is 0.0889 e. The minimum atomic E-state index is -0.229. The molecule has 1 aromatic heterocycles. The maximum atomic E-state index is 9.98. The molecule has 1 heterocycles. The molecule has 1 fully saturated rings. The van der Waals surface area contributed by atoms with Crippen molar-refractivity contribution >= 4 is 11.3 Å². The van der Waals surface area contributed by atoms with E-state index < -0.39 is 0 Å². The van der Waals surface area contributed by atoms with Crippen LogP contribution in [0.15, 0.2) is 11.4 Å². The minimum Gasteiger partial charge on any atom is -0.388 e. The van der Waals surface area contributed by atoms with E-state index in [9.17, 15) is 5.11 Å². The van der Waals surface area contributed by atoms with Crippen LogP contribution in [0.3, 0.4) is 0 Å². The lowest BCUT2D eigenvalue weighted by molar-refractivity contribution is 0.145. The summed E-state index contributed by atoms with van der Waals surface area (Å²) in [6.07, 6.45) is 3.28. The molecule has 1 aromatic rings. The first kappa shape index (κ1) is 9.22. The van der Waals surface area contributed by atoms with Crippen molar-refractivity contribution < 1.29 is 5.11 Å². The summed E-state index contributed by atoms with van der Waals surface area (Å²) in [4.78, 5) is 1.16. The Labute approximate surface area is 83.4 Å². The largest absolute Gasteiger partial charge is 0.388 e. The van der Waals surface area contributed by atoms with E-state index in [0.29, 0.717) is 5.41 Å². The SMILES string of the molecule is Cc1ccsc1C(O)CC1(C)CC1. The summed E-state index contributed by atoms with van der Waals surface area (Å²) < 4.78 is 0. The predicted molar refractivity (Wildman–Crippen MR) is 56.0 cm³/mol. The summed E-state index contributed by atoms with van der Waals surface area (Å²) in [5, 5.41) is 12.0. The van der Waals surface area contributed by atoms with Gasteiger partial charge in [0.05, 0.1) is 6.10 Å². The molecule has 2 heteroatoms. The Bertz CT molecular complexity index is 299. The Morgan fingerprint density at radius 1 is 1.62 bits per heavy atom. The van der Waals surface area contributed by atoms with Crippen molar-refractivity contribution in [2.24, 2.45) is 5.41 Å². The molecule has 1 unspecified atom stereocenters. The van der Waals surface area contributed by atoms with Gasteiger partial charge in [-0.25, -0.2) is 0 Å². The van der Waals surface area contributed by atoms with Gasteiger partial charge in [-0.05, 0) is 48.6 Å². The van der Waals surface area contributed by atoms with Crippen molar-refractivity contribution in [2.45, 2.75) is 39.2 Å². The van der Waals surface area contributed by atoms with Gasteiger partial charge in [0.1, 0.15) is 0 Å². The van der Waals surface area contributed by atoms with Crippen molar-refractivity contribution in [1.82, 2.24) is 0 Å². The molecular weight excluding hydrogens is 180 g/mol. The summed E-state index contributed by atoms with van der Waals surface area (Å²) in [5.74, 6) is 0. The second kappa shape index (κ2) is 3.10. The number of thiophene rings is 1. The third kappa shape index (κ3) is 1.94. The molecule has 1 N–H and O–H groups in total. The molecule has 2 rings (SSSR count). The Balaban J connectivity index is 2.05. The minimum absolute atomic E-state index is 0.229. The van der Waals surface area contributed by atoms with Gasteiger partial charge in [0, 0.05) is 4.88 Å². The number of hydrogen-bond acceptors (Lipinski definition) is 2. The fourth-order valence-electron chi connectivity index (χ4n) is 1.70. The lowest BCUT2D eigenvalue weighted by Crippen LogP contribution is -2.03. The molecule has 0 aromatic carbocycles. The average molecular weight is 196 g/mol. The van der Waals surface area contributed by atoms with Crippen LogP contribution < -0.4 is 0 Å². The molecule has 72 valence electrons. The van der Waals surface area contributed by atoms with Crippen LogP contribution in [0.2, 0.25) is 0 Å². The molecule has 1 atom stereocenters. The zero-order chi connectivity index (χ0) is 9.47. The highest BCUT2D eigenvalue weighted by molar-refractivity contribution is 7.10. The van der Waals surface area contributed by atoms with E-state index >= 15 is 0 Å². The molecule has 0 bridgehead atoms. The molecule has 1 aliphatic rings. The van der Waals surface area contributed by atoms with Gasteiger partial charge in [-0.3, -0.25) is 0 Å². The van der Waals surface area contributed by atoms with E-state index in [2.05, 4.69) is 25.3 Å². The van der Waals surface area contributed by atoms with E-state index in [1.54, 1.807) is 11.3 Å². The standard InChI is InChI=1S/C11H16OS/c1-8-3-6-13-10(8)9(12)7-11(2)4-5-11/h3,6,9,12H,4-5,7H2,1-2H3. The monoisotopic (exact) mass is 196 g/mol. The highest BCUT2D eigenvalue weighted by Crippen LogP contribution is 2.51. The topological polar surface area (TPSA) is 20.2 Å². The van der Waals surface area contributed by atoms with Gasteiger partial charge >= 0.3 is 0 Å². The van der Waals surface area contributed by atoms with Crippen molar-refractivity contribution in [3.63, 3.8) is 0 Å². The molecular formula is C11H16OS. The van der Waals surface area contributed by atoms with Crippen molar-refractivity contribution in [1.29, 1.82) is 0 Å². The summed E-state index contributed by atoms with van der Waals surface area (Å²) in [5.41, 5.74) is 1.68. The van der Waals surface area contributed by atoms with Crippen LogP contribution in [0.4, 0.5) is 0 Å². The van der Waals surface area contributed by atoms with Crippen LogP contribution in [0.5, 0.6) is 0 Å². The Kier molecular flexibility index (Phi) is 2.20. The summed E-state index contributed by atoms with van der Waals surface area (Å²) in [6, 6.07) is 2.08. The molecule has 0 radical (unpaired) electrons. The number of hydrogen-bond donors (Lipinski definition) is 1.